The summed E-state index contributed by atoms with van der Waals surface area (Å²) >= 11 is 12.9. The zero-order chi connectivity index (χ0) is 21.0. The summed E-state index contributed by atoms with van der Waals surface area (Å²) in [4.78, 5) is 0. The maximum Gasteiger partial charge on any atom is 0.170 e. The van der Waals surface area contributed by atoms with E-state index in [4.69, 9.17) is 23.4 Å². The average molecular weight is 464 g/mol. The van der Waals surface area contributed by atoms with E-state index in [9.17, 15) is 5.11 Å². The highest BCUT2D eigenvalue weighted by Crippen LogP contribution is 2.60. The number of rotatable bonds is 6. The number of piperidine rings is 2. The van der Waals surface area contributed by atoms with Crippen LogP contribution in [0, 0.1) is 0 Å². The molecule has 0 radical (unpaired) electrons. The van der Waals surface area contributed by atoms with E-state index in [1.54, 1.807) is 6.07 Å². The van der Waals surface area contributed by atoms with Crippen LogP contribution in [0.5, 0.6) is 5.75 Å². The zero-order valence-corrected chi connectivity index (χ0v) is 19.9. The normalized spacial score (nSPS) is 19.0. The largest absolute Gasteiger partial charge is 0.508 e. The van der Waals surface area contributed by atoms with Crippen LogP contribution in [0.15, 0.2) is 48.5 Å². The molecule has 2 saturated heterocycles. The van der Waals surface area contributed by atoms with Crippen LogP contribution < -0.4 is 4.67 Å². The third kappa shape index (κ3) is 4.71. The van der Waals surface area contributed by atoms with Crippen molar-refractivity contribution in [2.24, 2.45) is 0 Å². The first-order chi connectivity index (χ1) is 14.6. The third-order valence-electron chi connectivity index (χ3n) is 6.15. The van der Waals surface area contributed by atoms with Crippen molar-refractivity contribution in [2.45, 2.75) is 45.1 Å². The molecule has 0 bridgehead atoms. The minimum absolute atomic E-state index is 0.329. The molecule has 2 aliphatic rings. The maximum atomic E-state index is 10.5. The number of benzene rings is 2. The second-order valence-corrected chi connectivity index (χ2v) is 12.8. The summed E-state index contributed by atoms with van der Waals surface area (Å²) in [7, 11) is 0. The predicted molar refractivity (Wildman–Crippen MR) is 131 cm³/mol. The monoisotopic (exact) mass is 463 g/mol. The van der Waals surface area contributed by atoms with Crippen LogP contribution in [0.1, 0.15) is 44.1 Å². The summed E-state index contributed by atoms with van der Waals surface area (Å²) in [5.41, 5.74) is 2.00. The predicted octanol–water partition coefficient (Wildman–Crippen LogP) is 6.25. The minimum Gasteiger partial charge on any atom is -0.508 e. The first-order valence-corrected chi connectivity index (χ1v) is 14.0. The molecular formula is C23H31ClN3OPS. The van der Waals surface area contributed by atoms with E-state index in [0.717, 1.165) is 42.5 Å². The smallest absolute Gasteiger partial charge is 0.170 e. The molecule has 7 heteroatoms. The molecule has 2 aromatic carbocycles. The van der Waals surface area contributed by atoms with Crippen LogP contribution in [-0.2, 0) is 18.4 Å². The third-order valence-corrected chi connectivity index (χ3v) is 11.7. The van der Waals surface area contributed by atoms with Crippen LogP contribution in [0.3, 0.4) is 0 Å². The van der Waals surface area contributed by atoms with Gasteiger partial charge in [-0.25, -0.2) is 9.34 Å². The molecule has 2 aromatic rings. The second-order valence-electron chi connectivity index (χ2n) is 8.20. The lowest BCUT2D eigenvalue weighted by atomic mass is 10.2. The lowest BCUT2D eigenvalue weighted by Crippen LogP contribution is -2.44. The number of hydrogen-bond donors (Lipinski definition) is 1. The first-order valence-electron chi connectivity index (χ1n) is 11.0. The lowest BCUT2D eigenvalue weighted by Gasteiger charge is -2.51. The molecule has 1 N–H and O–H groups in total. The van der Waals surface area contributed by atoms with Crippen molar-refractivity contribution in [2.75, 3.05) is 30.8 Å². The van der Waals surface area contributed by atoms with Gasteiger partial charge in [0.25, 0.3) is 0 Å². The van der Waals surface area contributed by atoms with Crippen LogP contribution in [0.2, 0.25) is 5.02 Å². The van der Waals surface area contributed by atoms with Gasteiger partial charge in [0, 0.05) is 42.5 Å². The van der Waals surface area contributed by atoms with Crippen molar-refractivity contribution < 1.29 is 5.11 Å². The number of nitrogens with zero attached hydrogens (tertiary/aromatic N) is 3. The number of phenolic OH excluding ortho intramolecular Hbond substituents is 1. The van der Waals surface area contributed by atoms with Crippen LogP contribution in [0.4, 0.5) is 5.69 Å². The number of hydrogen-bond acceptors (Lipinski definition) is 2. The van der Waals surface area contributed by atoms with E-state index in [2.05, 4.69) is 26.1 Å². The Balaban J connectivity index is 1.80. The van der Waals surface area contributed by atoms with Gasteiger partial charge in [-0.15, -0.1) is 0 Å². The molecule has 2 aliphatic heterocycles. The van der Waals surface area contributed by atoms with E-state index >= 15 is 0 Å². The fourth-order valence-electron chi connectivity index (χ4n) is 4.51. The van der Waals surface area contributed by atoms with Gasteiger partial charge in [0.1, 0.15) is 5.75 Å². The summed E-state index contributed by atoms with van der Waals surface area (Å²) in [5.74, 6) is 0.329. The van der Waals surface area contributed by atoms with Gasteiger partial charge in [-0.3, -0.25) is 0 Å². The Hall–Kier alpha value is -1.10. The van der Waals surface area contributed by atoms with E-state index < -0.39 is 6.49 Å². The molecule has 0 amide bonds. The van der Waals surface area contributed by atoms with E-state index in [-0.39, 0.29) is 0 Å². The van der Waals surface area contributed by atoms with Crippen molar-refractivity contribution in [1.29, 1.82) is 0 Å². The Kier molecular flexibility index (Phi) is 7.38. The van der Waals surface area contributed by atoms with Crippen LogP contribution in [0.25, 0.3) is 0 Å². The Morgan fingerprint density at radius 3 is 1.90 bits per heavy atom. The van der Waals surface area contributed by atoms with Gasteiger partial charge < -0.3 is 9.78 Å². The Labute approximate surface area is 190 Å². The molecule has 2 fully saturated rings. The standard InChI is InChI=1S/C23H31ClN3OPS/c24-21-11-13-22(14-12-21)27(19-20-9-3-4-10-23(20)28)29(30,25-15-5-1-6-16-25)26-17-7-2-8-18-26/h3-4,9-14,28H,1-2,5-8,15-19H2. The van der Waals surface area contributed by atoms with Crippen molar-refractivity contribution in [1.82, 2.24) is 9.34 Å². The van der Waals surface area contributed by atoms with Crippen LogP contribution >= 0.6 is 18.1 Å². The molecule has 2 heterocycles. The zero-order valence-electron chi connectivity index (χ0n) is 17.4. The van der Waals surface area contributed by atoms with Gasteiger partial charge in [-0.05, 0) is 67.8 Å². The SMILES string of the molecule is Oc1ccccc1CN(c1ccc(Cl)cc1)P(=S)(N1CCCCC1)N1CCCCC1. The molecule has 4 rings (SSSR count). The highest BCUT2D eigenvalue weighted by molar-refractivity contribution is 8.13. The van der Waals surface area contributed by atoms with Gasteiger partial charge >= 0.3 is 0 Å². The van der Waals surface area contributed by atoms with Gasteiger partial charge in [0.05, 0.1) is 6.54 Å². The molecule has 0 unspecified atom stereocenters. The van der Waals surface area contributed by atoms with Crippen molar-refractivity contribution in [3.8, 4) is 5.75 Å². The number of aromatic hydroxyl groups is 1. The van der Waals surface area contributed by atoms with Crippen molar-refractivity contribution >= 4 is 35.6 Å². The molecular weight excluding hydrogens is 433 g/mol. The van der Waals surface area contributed by atoms with Gasteiger partial charge in [-0.1, -0.05) is 42.6 Å². The van der Waals surface area contributed by atoms with Crippen molar-refractivity contribution in [3.05, 3.63) is 59.1 Å². The quantitative estimate of drug-likeness (QED) is 0.511. The van der Waals surface area contributed by atoms with E-state index in [1.165, 1.54) is 38.5 Å². The number of anilines is 1. The van der Waals surface area contributed by atoms with E-state index in [1.807, 2.05) is 30.3 Å². The van der Waals surface area contributed by atoms with Gasteiger partial charge in [0.2, 0.25) is 0 Å². The summed E-state index contributed by atoms with van der Waals surface area (Å²) in [5, 5.41) is 11.3. The van der Waals surface area contributed by atoms with Crippen LogP contribution in [-0.4, -0.2) is 40.6 Å². The number of phenols is 1. The Morgan fingerprint density at radius 2 is 1.37 bits per heavy atom. The first kappa shape index (κ1) is 22.1. The Morgan fingerprint density at radius 1 is 0.833 bits per heavy atom. The van der Waals surface area contributed by atoms with Gasteiger partial charge in [-0.2, -0.15) is 0 Å². The second kappa shape index (κ2) is 10.0. The fourth-order valence-corrected chi connectivity index (χ4v) is 9.42. The summed E-state index contributed by atoms with van der Waals surface area (Å²) in [6, 6.07) is 15.7. The molecule has 162 valence electrons. The van der Waals surface area contributed by atoms with Gasteiger partial charge in [0.15, 0.2) is 6.49 Å². The molecule has 0 saturated carbocycles. The maximum absolute atomic E-state index is 10.5. The number of halogens is 1. The molecule has 0 aliphatic carbocycles. The highest BCUT2D eigenvalue weighted by atomic mass is 35.5. The molecule has 4 nitrogen and oxygen atoms in total. The summed E-state index contributed by atoms with van der Waals surface area (Å²) in [6.07, 6.45) is 7.39. The molecule has 0 atom stereocenters. The van der Waals surface area contributed by atoms with Crippen molar-refractivity contribution in [3.63, 3.8) is 0 Å². The average Bonchev–Trinajstić information content (AvgIpc) is 2.80. The highest BCUT2D eigenvalue weighted by Gasteiger charge is 2.40. The summed E-state index contributed by atoms with van der Waals surface area (Å²) in [6.45, 7) is 2.59. The minimum atomic E-state index is -2.22. The number of para-hydroxylation sites is 1. The van der Waals surface area contributed by atoms with E-state index in [0.29, 0.717) is 12.3 Å². The molecule has 0 spiro atoms. The Bertz CT molecular complexity index is 860. The topological polar surface area (TPSA) is 30.0 Å². The molecule has 30 heavy (non-hydrogen) atoms. The summed E-state index contributed by atoms with van der Waals surface area (Å²) < 4.78 is 7.59. The molecule has 0 aromatic heterocycles. The fraction of sp³-hybridized carbons (Fsp3) is 0.478. The lowest BCUT2D eigenvalue weighted by molar-refractivity contribution is 0.306.